The fraction of sp³-hybridized carbons (Fsp3) is 0.348. The molecule has 4 rings (SSSR count). The van der Waals surface area contributed by atoms with Gasteiger partial charge in [-0.1, -0.05) is 12.1 Å². The number of hydrogen-bond acceptors (Lipinski definition) is 4. The zero-order valence-electron chi connectivity index (χ0n) is 17.8. The minimum absolute atomic E-state index is 0.0199. The molecule has 1 saturated heterocycles. The molecule has 1 aliphatic rings. The Balaban J connectivity index is 1.83. The van der Waals surface area contributed by atoms with Gasteiger partial charge in [0.15, 0.2) is 5.11 Å². The molecule has 7 heteroatoms. The molecule has 0 saturated carbocycles. The molecular formula is C23H27N5OS. The average molecular weight is 422 g/mol. The molecule has 0 unspecified atom stereocenters. The monoisotopic (exact) mass is 421 g/mol. The number of nitrogens with one attached hydrogen (secondary N) is 1. The first-order valence-corrected chi connectivity index (χ1v) is 10.5. The van der Waals surface area contributed by atoms with Crippen LogP contribution in [0.25, 0.3) is 5.82 Å². The summed E-state index contributed by atoms with van der Waals surface area (Å²) in [5, 5.41) is 4.23. The van der Waals surface area contributed by atoms with E-state index in [4.69, 9.17) is 17.0 Å². The lowest BCUT2D eigenvalue weighted by Crippen LogP contribution is -2.32. The molecule has 156 valence electrons. The molecule has 30 heavy (non-hydrogen) atoms. The van der Waals surface area contributed by atoms with E-state index in [-0.39, 0.29) is 12.1 Å². The Bertz CT molecular complexity index is 1050. The number of pyridine rings is 2. The SMILES string of the molecule is COCCN1C(=S)N[C@H](c2ccccn2)[C@@H]1c1cc(C)n(-c2ncccc2C)c1C. The van der Waals surface area contributed by atoms with Crippen LogP contribution in [0.5, 0.6) is 0 Å². The number of aromatic nitrogens is 3. The van der Waals surface area contributed by atoms with Gasteiger partial charge in [-0.3, -0.25) is 4.98 Å². The van der Waals surface area contributed by atoms with Gasteiger partial charge in [0, 0.05) is 37.4 Å². The van der Waals surface area contributed by atoms with E-state index >= 15 is 0 Å². The molecule has 6 nitrogen and oxygen atoms in total. The largest absolute Gasteiger partial charge is 0.383 e. The Morgan fingerprint density at radius 1 is 1.10 bits per heavy atom. The number of methoxy groups -OCH3 is 1. The van der Waals surface area contributed by atoms with Gasteiger partial charge in [0.05, 0.1) is 24.4 Å². The number of nitrogens with zero attached hydrogens (tertiary/aromatic N) is 4. The smallest absolute Gasteiger partial charge is 0.170 e. The molecule has 0 radical (unpaired) electrons. The molecule has 0 aromatic carbocycles. The number of rotatable bonds is 6. The maximum Gasteiger partial charge on any atom is 0.170 e. The predicted molar refractivity (Wildman–Crippen MR) is 122 cm³/mol. The topological polar surface area (TPSA) is 55.2 Å². The van der Waals surface area contributed by atoms with E-state index in [2.05, 4.69) is 63.7 Å². The molecule has 1 N–H and O–H groups in total. The Morgan fingerprint density at radius 3 is 2.60 bits per heavy atom. The van der Waals surface area contributed by atoms with Gasteiger partial charge in [-0.2, -0.15) is 0 Å². The highest BCUT2D eigenvalue weighted by atomic mass is 32.1. The maximum absolute atomic E-state index is 5.72. The van der Waals surface area contributed by atoms with E-state index in [0.717, 1.165) is 33.6 Å². The molecule has 3 aromatic heterocycles. The minimum Gasteiger partial charge on any atom is -0.383 e. The summed E-state index contributed by atoms with van der Waals surface area (Å²) in [5.74, 6) is 0.963. The van der Waals surface area contributed by atoms with Gasteiger partial charge in [0.1, 0.15) is 5.82 Å². The van der Waals surface area contributed by atoms with Gasteiger partial charge >= 0.3 is 0 Å². The fourth-order valence-electron chi connectivity index (χ4n) is 4.30. The molecule has 0 bridgehead atoms. The Hall–Kier alpha value is -2.77. The third-order valence-corrected chi connectivity index (χ3v) is 6.07. The second-order valence-electron chi connectivity index (χ2n) is 7.62. The normalized spacial score (nSPS) is 18.7. The van der Waals surface area contributed by atoms with Gasteiger partial charge < -0.3 is 19.5 Å². The summed E-state index contributed by atoms with van der Waals surface area (Å²) in [7, 11) is 1.72. The van der Waals surface area contributed by atoms with Crippen LogP contribution in [0.2, 0.25) is 0 Å². The van der Waals surface area contributed by atoms with Crippen LogP contribution in [0.1, 0.15) is 40.3 Å². The van der Waals surface area contributed by atoms with Crippen molar-refractivity contribution in [2.75, 3.05) is 20.3 Å². The van der Waals surface area contributed by atoms with Crippen LogP contribution in [-0.4, -0.2) is 44.8 Å². The van der Waals surface area contributed by atoms with Crippen molar-refractivity contribution in [1.82, 2.24) is 24.8 Å². The molecule has 2 atom stereocenters. The third kappa shape index (κ3) is 3.59. The Morgan fingerprint density at radius 2 is 1.90 bits per heavy atom. The molecule has 1 aliphatic heterocycles. The van der Waals surface area contributed by atoms with Gasteiger partial charge in [0.2, 0.25) is 0 Å². The van der Waals surface area contributed by atoms with Crippen molar-refractivity contribution in [2.45, 2.75) is 32.9 Å². The minimum atomic E-state index is -0.0330. The zero-order chi connectivity index (χ0) is 21.3. The van der Waals surface area contributed by atoms with E-state index in [9.17, 15) is 0 Å². The van der Waals surface area contributed by atoms with E-state index in [1.54, 1.807) is 7.11 Å². The quantitative estimate of drug-likeness (QED) is 0.611. The van der Waals surface area contributed by atoms with Crippen molar-refractivity contribution in [3.8, 4) is 5.82 Å². The van der Waals surface area contributed by atoms with Crippen LogP contribution in [0.4, 0.5) is 0 Å². The van der Waals surface area contributed by atoms with Crippen LogP contribution in [0.3, 0.4) is 0 Å². The Labute approximate surface area is 182 Å². The third-order valence-electron chi connectivity index (χ3n) is 5.72. The van der Waals surface area contributed by atoms with Crippen molar-refractivity contribution in [3.63, 3.8) is 0 Å². The standard InChI is InChI=1S/C23H27N5OS/c1-15-8-7-11-25-22(15)28-16(2)14-18(17(28)3)21-20(19-9-5-6-10-24-19)26-23(30)27(21)12-13-29-4/h5-11,14,20-21H,12-13H2,1-4H3,(H,26,30)/t20-,21+/m1/s1. The molecule has 0 aliphatic carbocycles. The first-order chi connectivity index (χ1) is 14.5. The van der Waals surface area contributed by atoms with E-state index in [1.807, 2.05) is 30.6 Å². The second kappa shape index (κ2) is 8.53. The molecule has 0 amide bonds. The summed E-state index contributed by atoms with van der Waals surface area (Å²) < 4.78 is 7.59. The molecule has 4 heterocycles. The van der Waals surface area contributed by atoms with Crippen molar-refractivity contribution in [3.05, 3.63) is 77.0 Å². The summed E-state index contributed by atoms with van der Waals surface area (Å²) in [6.07, 6.45) is 3.67. The first-order valence-electron chi connectivity index (χ1n) is 10.1. The van der Waals surface area contributed by atoms with Gasteiger partial charge in [-0.15, -0.1) is 0 Å². The molecule has 0 spiro atoms. The number of hydrogen-bond donors (Lipinski definition) is 1. The first kappa shape index (κ1) is 20.5. The number of thiocarbonyl (C=S) groups is 1. The molecular weight excluding hydrogens is 394 g/mol. The lowest BCUT2D eigenvalue weighted by Gasteiger charge is -2.28. The fourth-order valence-corrected chi connectivity index (χ4v) is 4.63. The highest BCUT2D eigenvalue weighted by Gasteiger charge is 2.41. The summed E-state index contributed by atoms with van der Waals surface area (Å²) in [6.45, 7) is 7.69. The summed E-state index contributed by atoms with van der Waals surface area (Å²) in [6, 6.07) is 12.3. The van der Waals surface area contributed by atoms with Crippen LogP contribution in [0, 0.1) is 20.8 Å². The van der Waals surface area contributed by atoms with Crippen molar-refractivity contribution >= 4 is 17.3 Å². The molecule has 1 fully saturated rings. The van der Waals surface area contributed by atoms with Crippen LogP contribution in [-0.2, 0) is 4.74 Å². The van der Waals surface area contributed by atoms with Crippen molar-refractivity contribution in [1.29, 1.82) is 0 Å². The Kier molecular flexibility index (Phi) is 5.83. The van der Waals surface area contributed by atoms with E-state index < -0.39 is 0 Å². The van der Waals surface area contributed by atoms with Gasteiger partial charge in [-0.25, -0.2) is 4.98 Å². The highest BCUT2D eigenvalue weighted by molar-refractivity contribution is 7.80. The van der Waals surface area contributed by atoms with Crippen LogP contribution < -0.4 is 5.32 Å². The predicted octanol–water partition coefficient (Wildman–Crippen LogP) is 3.81. The average Bonchev–Trinajstić information content (AvgIpc) is 3.23. The summed E-state index contributed by atoms with van der Waals surface area (Å²) in [5.41, 5.74) is 5.64. The van der Waals surface area contributed by atoms with E-state index in [1.165, 1.54) is 5.56 Å². The lowest BCUT2D eigenvalue weighted by atomic mass is 9.97. The van der Waals surface area contributed by atoms with Crippen LogP contribution in [0.15, 0.2) is 48.8 Å². The van der Waals surface area contributed by atoms with Gasteiger partial charge in [0.25, 0.3) is 0 Å². The number of ether oxygens (including phenoxy) is 1. The van der Waals surface area contributed by atoms with Gasteiger partial charge in [-0.05, 0) is 68.4 Å². The highest BCUT2D eigenvalue weighted by Crippen LogP contribution is 2.41. The lowest BCUT2D eigenvalue weighted by molar-refractivity contribution is 0.164. The second-order valence-corrected chi connectivity index (χ2v) is 8.01. The van der Waals surface area contributed by atoms with Crippen molar-refractivity contribution < 1.29 is 4.74 Å². The van der Waals surface area contributed by atoms with Crippen LogP contribution >= 0.6 is 12.2 Å². The number of aryl methyl sites for hydroxylation is 2. The van der Waals surface area contributed by atoms with E-state index in [0.29, 0.717) is 13.2 Å². The summed E-state index contributed by atoms with van der Waals surface area (Å²) in [4.78, 5) is 11.5. The maximum atomic E-state index is 5.72. The summed E-state index contributed by atoms with van der Waals surface area (Å²) >= 11 is 5.72. The van der Waals surface area contributed by atoms with Crippen molar-refractivity contribution in [2.24, 2.45) is 0 Å². The molecule has 3 aromatic rings. The zero-order valence-corrected chi connectivity index (χ0v) is 18.6.